The highest BCUT2D eigenvalue weighted by Gasteiger charge is 2.42. The summed E-state index contributed by atoms with van der Waals surface area (Å²) in [7, 11) is 0. The van der Waals surface area contributed by atoms with Crippen molar-refractivity contribution in [1.29, 1.82) is 0 Å². The zero-order valence-corrected chi connectivity index (χ0v) is 9.59. The molecule has 0 aromatic heterocycles. The van der Waals surface area contributed by atoms with Gasteiger partial charge < -0.3 is 10.2 Å². The van der Waals surface area contributed by atoms with Crippen LogP contribution in [0.4, 0.5) is 13.2 Å². The minimum atomic E-state index is -4.20. The Morgan fingerprint density at radius 1 is 1.53 bits per heavy atom. The van der Waals surface area contributed by atoms with Crippen molar-refractivity contribution in [2.24, 2.45) is 5.92 Å². The van der Waals surface area contributed by atoms with E-state index < -0.39 is 12.1 Å². The van der Waals surface area contributed by atoms with Gasteiger partial charge in [-0.05, 0) is 12.8 Å². The lowest BCUT2D eigenvalue weighted by Crippen LogP contribution is -2.47. The molecule has 0 saturated carbocycles. The second-order valence-electron chi connectivity index (χ2n) is 4.14. The van der Waals surface area contributed by atoms with Crippen LogP contribution in [-0.2, 0) is 4.79 Å². The van der Waals surface area contributed by atoms with Crippen LogP contribution in [0.25, 0.3) is 0 Å². The molecule has 1 heterocycles. The third kappa shape index (κ3) is 4.38. The summed E-state index contributed by atoms with van der Waals surface area (Å²) in [4.78, 5) is 12.9. The molecule has 1 saturated heterocycles. The largest absolute Gasteiger partial charge is 0.393 e. The number of amides is 1. The first-order valence-electron chi connectivity index (χ1n) is 5.61. The monoisotopic (exact) mass is 250 g/mol. The summed E-state index contributed by atoms with van der Waals surface area (Å²) in [6, 6.07) is 0. The lowest BCUT2D eigenvalue weighted by molar-refractivity contribution is -0.187. The van der Waals surface area contributed by atoms with Crippen LogP contribution in [0.15, 0.2) is 12.7 Å². The van der Waals surface area contributed by atoms with E-state index in [0.29, 0.717) is 19.5 Å². The molecule has 0 radical (unpaired) electrons. The van der Waals surface area contributed by atoms with Gasteiger partial charge in [-0.15, -0.1) is 6.58 Å². The van der Waals surface area contributed by atoms with Crippen molar-refractivity contribution in [2.75, 3.05) is 26.2 Å². The first kappa shape index (κ1) is 14.0. The van der Waals surface area contributed by atoms with Crippen LogP contribution in [0.3, 0.4) is 0 Å². The van der Waals surface area contributed by atoms with Gasteiger partial charge in [0.1, 0.15) is 0 Å². The van der Waals surface area contributed by atoms with Crippen LogP contribution in [0, 0.1) is 5.92 Å². The number of carbonyl (C=O) groups is 1. The summed E-state index contributed by atoms with van der Waals surface area (Å²) in [6.45, 7) is 4.23. The predicted octanol–water partition coefficient (Wildman–Crippen LogP) is 1.56. The fourth-order valence-electron chi connectivity index (χ4n) is 1.86. The summed E-state index contributed by atoms with van der Waals surface area (Å²) < 4.78 is 37.6. The number of alkyl halides is 3. The third-order valence-corrected chi connectivity index (χ3v) is 2.80. The Morgan fingerprint density at radius 2 is 2.24 bits per heavy atom. The first-order valence-corrected chi connectivity index (χ1v) is 5.61. The topological polar surface area (TPSA) is 32.3 Å². The van der Waals surface area contributed by atoms with E-state index in [1.165, 1.54) is 4.90 Å². The van der Waals surface area contributed by atoms with Crippen molar-refractivity contribution in [1.82, 2.24) is 10.2 Å². The highest BCUT2D eigenvalue weighted by atomic mass is 19.4. The van der Waals surface area contributed by atoms with Gasteiger partial charge in [-0.3, -0.25) is 4.79 Å². The summed E-state index contributed by atoms with van der Waals surface area (Å²) in [5.41, 5.74) is 0. The van der Waals surface area contributed by atoms with E-state index in [2.05, 4.69) is 11.9 Å². The van der Waals surface area contributed by atoms with Crippen LogP contribution >= 0.6 is 0 Å². The van der Waals surface area contributed by atoms with Crippen molar-refractivity contribution >= 4 is 5.91 Å². The van der Waals surface area contributed by atoms with Gasteiger partial charge in [0.2, 0.25) is 5.91 Å². The number of hydrogen-bond acceptors (Lipinski definition) is 2. The summed E-state index contributed by atoms with van der Waals surface area (Å²) in [5.74, 6) is -1.65. The second kappa shape index (κ2) is 6.05. The van der Waals surface area contributed by atoms with Crippen molar-refractivity contribution in [3.8, 4) is 0 Å². The Bertz CT molecular complexity index is 278. The van der Waals surface area contributed by atoms with Gasteiger partial charge in [0.25, 0.3) is 0 Å². The summed E-state index contributed by atoms with van der Waals surface area (Å²) >= 11 is 0. The Balaban J connectivity index is 2.43. The Labute approximate surface area is 98.7 Å². The lowest BCUT2D eigenvalue weighted by Gasteiger charge is -2.33. The normalized spacial score (nSPS) is 21.4. The number of piperidine rings is 1. The van der Waals surface area contributed by atoms with E-state index in [0.717, 1.165) is 0 Å². The molecular weight excluding hydrogens is 233 g/mol. The number of halogens is 3. The minimum absolute atomic E-state index is 0.0661. The Kier molecular flexibility index (Phi) is 4.99. The van der Waals surface area contributed by atoms with Gasteiger partial charge in [-0.25, -0.2) is 0 Å². The molecule has 0 aromatic carbocycles. The zero-order valence-electron chi connectivity index (χ0n) is 9.59. The van der Waals surface area contributed by atoms with E-state index in [9.17, 15) is 18.0 Å². The smallest absolute Gasteiger partial charge is 0.341 e. The van der Waals surface area contributed by atoms with Crippen molar-refractivity contribution in [3.63, 3.8) is 0 Å². The molecule has 0 spiro atoms. The fraction of sp³-hybridized carbons (Fsp3) is 0.727. The SMILES string of the molecule is C=CCNCC(=O)N1CCCC(C(F)(F)F)C1. The maximum absolute atomic E-state index is 12.5. The average Bonchev–Trinajstić information content (AvgIpc) is 2.28. The molecule has 1 fully saturated rings. The van der Waals surface area contributed by atoms with E-state index >= 15 is 0 Å². The minimum Gasteiger partial charge on any atom is -0.341 e. The quantitative estimate of drug-likeness (QED) is 0.606. The van der Waals surface area contributed by atoms with Crippen molar-refractivity contribution < 1.29 is 18.0 Å². The maximum Gasteiger partial charge on any atom is 0.393 e. The molecular formula is C11H17F3N2O. The average molecular weight is 250 g/mol. The molecule has 98 valence electrons. The molecule has 6 heteroatoms. The molecule has 17 heavy (non-hydrogen) atoms. The van der Waals surface area contributed by atoms with Crippen LogP contribution in [0.5, 0.6) is 0 Å². The first-order chi connectivity index (χ1) is 7.95. The molecule has 1 N–H and O–H groups in total. The molecule has 0 bridgehead atoms. The molecule has 0 aliphatic carbocycles. The molecule has 3 nitrogen and oxygen atoms in total. The van der Waals surface area contributed by atoms with Crippen LogP contribution in [0.2, 0.25) is 0 Å². The van der Waals surface area contributed by atoms with Gasteiger partial charge in [0.05, 0.1) is 12.5 Å². The molecule has 1 unspecified atom stereocenters. The van der Waals surface area contributed by atoms with Crippen molar-refractivity contribution in [2.45, 2.75) is 19.0 Å². The van der Waals surface area contributed by atoms with Crippen molar-refractivity contribution in [3.05, 3.63) is 12.7 Å². The van der Waals surface area contributed by atoms with Crippen LogP contribution in [0.1, 0.15) is 12.8 Å². The predicted molar refractivity (Wildman–Crippen MR) is 58.4 cm³/mol. The highest BCUT2D eigenvalue weighted by Crippen LogP contribution is 2.32. The fourth-order valence-corrected chi connectivity index (χ4v) is 1.86. The zero-order chi connectivity index (χ0) is 12.9. The van der Waals surface area contributed by atoms with Gasteiger partial charge in [0.15, 0.2) is 0 Å². The summed E-state index contributed by atoms with van der Waals surface area (Å²) in [6.07, 6.45) is -2.07. The number of hydrogen-bond donors (Lipinski definition) is 1. The Hall–Kier alpha value is -1.04. The van der Waals surface area contributed by atoms with Crippen LogP contribution < -0.4 is 5.32 Å². The highest BCUT2D eigenvalue weighted by molar-refractivity contribution is 5.78. The number of carbonyl (C=O) groups excluding carboxylic acids is 1. The van der Waals surface area contributed by atoms with Gasteiger partial charge >= 0.3 is 6.18 Å². The van der Waals surface area contributed by atoms with Gasteiger partial charge in [-0.1, -0.05) is 6.08 Å². The number of likely N-dealkylation sites (tertiary alicyclic amines) is 1. The Morgan fingerprint density at radius 3 is 2.82 bits per heavy atom. The van der Waals surface area contributed by atoms with Gasteiger partial charge in [-0.2, -0.15) is 13.2 Å². The number of nitrogens with one attached hydrogen (secondary N) is 1. The number of rotatable bonds is 4. The van der Waals surface area contributed by atoms with E-state index in [1.54, 1.807) is 6.08 Å². The van der Waals surface area contributed by atoms with E-state index in [1.807, 2.05) is 0 Å². The molecule has 0 aromatic rings. The molecule has 1 amide bonds. The lowest BCUT2D eigenvalue weighted by atomic mass is 9.97. The molecule has 1 aliphatic heterocycles. The van der Waals surface area contributed by atoms with Crippen LogP contribution in [-0.4, -0.2) is 43.2 Å². The van der Waals surface area contributed by atoms with E-state index in [4.69, 9.17) is 0 Å². The van der Waals surface area contributed by atoms with Gasteiger partial charge in [0, 0.05) is 19.6 Å². The number of nitrogens with zero attached hydrogens (tertiary/aromatic N) is 1. The van der Waals surface area contributed by atoms with E-state index in [-0.39, 0.29) is 25.4 Å². The third-order valence-electron chi connectivity index (χ3n) is 2.80. The standard InChI is InChI=1S/C11H17F3N2O/c1-2-5-15-7-10(17)16-6-3-4-9(8-16)11(12,13)14/h2,9,15H,1,3-8H2. The second-order valence-corrected chi connectivity index (χ2v) is 4.14. The maximum atomic E-state index is 12.5. The molecule has 1 atom stereocenters. The summed E-state index contributed by atoms with van der Waals surface area (Å²) in [5, 5.41) is 2.80. The molecule has 1 aliphatic rings. The molecule has 1 rings (SSSR count).